The van der Waals surface area contributed by atoms with E-state index >= 15 is 0 Å². The monoisotopic (exact) mass is 354 g/mol. The van der Waals surface area contributed by atoms with Crippen LogP contribution >= 0.6 is 34.8 Å². The molecule has 3 N–H and O–H groups in total. The molecule has 0 fully saturated rings. The largest absolute Gasteiger partial charge is 0.395 e. The maximum Gasteiger partial charge on any atom is 0.166 e. The van der Waals surface area contributed by atoms with E-state index < -0.39 is 0 Å². The number of thiocarbonyl (C=S) groups is 1. The molecule has 1 aromatic rings. The van der Waals surface area contributed by atoms with E-state index in [1.165, 1.54) is 0 Å². The lowest BCUT2D eigenvalue weighted by atomic mass is 10.2. The number of hydrogen-bond donors (Lipinski definition) is 3. The molecule has 0 saturated carbocycles. The Hall–Kier alpha value is -0.470. The van der Waals surface area contributed by atoms with Gasteiger partial charge >= 0.3 is 0 Å². The smallest absolute Gasteiger partial charge is 0.166 e. The third kappa shape index (κ3) is 4.18. The van der Waals surface area contributed by atoms with Crippen LogP contribution in [0.2, 0.25) is 0 Å². The van der Waals surface area contributed by atoms with Gasteiger partial charge in [-0.3, -0.25) is 0 Å². The van der Waals surface area contributed by atoms with Gasteiger partial charge in [0.05, 0.1) is 6.61 Å². The van der Waals surface area contributed by atoms with Crippen molar-refractivity contribution in [1.29, 1.82) is 0 Å². The fraction of sp³-hybridized carbons (Fsp3) is 0.300. The van der Waals surface area contributed by atoms with Gasteiger partial charge in [0.25, 0.3) is 0 Å². The Morgan fingerprint density at radius 1 is 1.44 bits per heavy atom. The summed E-state index contributed by atoms with van der Waals surface area (Å²) in [6.45, 7) is 0.736. The second kappa shape index (κ2) is 6.97. The van der Waals surface area contributed by atoms with E-state index in [0.29, 0.717) is 27.3 Å². The van der Waals surface area contributed by atoms with Gasteiger partial charge in [-0.15, -0.1) is 0 Å². The van der Waals surface area contributed by atoms with Crippen LogP contribution in [-0.4, -0.2) is 23.4 Å². The predicted octanol–water partition coefficient (Wildman–Crippen LogP) is 1.39. The molecule has 0 aliphatic carbocycles. The average molecular weight is 354 g/mol. The highest BCUT2D eigenvalue weighted by Gasteiger charge is 2.05. The van der Waals surface area contributed by atoms with Gasteiger partial charge < -0.3 is 15.7 Å². The van der Waals surface area contributed by atoms with E-state index in [0.717, 1.165) is 0 Å². The van der Waals surface area contributed by atoms with Crippen molar-refractivity contribution in [2.75, 3.05) is 13.2 Å². The first-order chi connectivity index (χ1) is 7.65. The van der Waals surface area contributed by atoms with Crippen LogP contribution in [0.5, 0.6) is 0 Å². The lowest BCUT2D eigenvalue weighted by molar-refractivity contribution is 0.300. The summed E-state index contributed by atoms with van der Waals surface area (Å²) in [7, 11) is 0. The fourth-order valence-electron chi connectivity index (χ4n) is 1.09. The zero-order valence-electron chi connectivity index (χ0n) is 8.46. The molecule has 0 aliphatic rings. The number of benzene rings is 1. The highest BCUT2D eigenvalue weighted by atomic mass is 127. The number of aliphatic hydroxyl groups is 1. The predicted molar refractivity (Wildman–Crippen MR) is 73.6 cm³/mol. The van der Waals surface area contributed by atoms with Crippen LogP contribution in [0.4, 0.5) is 4.39 Å². The second-order valence-corrected chi connectivity index (χ2v) is 4.62. The Balaban J connectivity index is 2.48. The summed E-state index contributed by atoms with van der Waals surface area (Å²) in [6.07, 6.45) is 0. The minimum atomic E-state index is -0.222. The molecule has 0 aliphatic heterocycles. The molecule has 0 radical (unpaired) electrons. The standard InChI is InChI=1S/C10H12FIN2OS/c11-9-7(2-1-3-8(9)12)6-14-10(16)13-4-5-15/h1-3,15H,4-6H2,(H2,13,14,16). The molecule has 0 amide bonds. The van der Waals surface area contributed by atoms with Gasteiger partial charge in [-0.2, -0.15) is 0 Å². The number of halogens is 2. The maximum absolute atomic E-state index is 13.6. The maximum atomic E-state index is 13.6. The molecule has 0 spiro atoms. The first kappa shape index (κ1) is 13.6. The number of aliphatic hydroxyl groups excluding tert-OH is 1. The molecule has 1 aromatic carbocycles. The first-order valence-electron chi connectivity index (χ1n) is 4.70. The summed E-state index contributed by atoms with van der Waals surface area (Å²) >= 11 is 6.88. The van der Waals surface area contributed by atoms with Crippen LogP contribution in [0.1, 0.15) is 5.56 Å². The van der Waals surface area contributed by atoms with E-state index in [2.05, 4.69) is 10.6 Å². The molecule has 0 heterocycles. The zero-order valence-corrected chi connectivity index (χ0v) is 11.4. The van der Waals surface area contributed by atoms with Crippen molar-refractivity contribution in [3.63, 3.8) is 0 Å². The van der Waals surface area contributed by atoms with Crippen LogP contribution < -0.4 is 10.6 Å². The van der Waals surface area contributed by atoms with E-state index in [-0.39, 0.29) is 12.4 Å². The van der Waals surface area contributed by atoms with Crippen LogP contribution in [0.15, 0.2) is 18.2 Å². The SMILES string of the molecule is OCCNC(=S)NCc1cccc(I)c1F. The van der Waals surface area contributed by atoms with Gasteiger partial charge in [0.15, 0.2) is 5.11 Å². The Labute approximate surface area is 113 Å². The van der Waals surface area contributed by atoms with Crippen molar-refractivity contribution < 1.29 is 9.50 Å². The molecule has 3 nitrogen and oxygen atoms in total. The topological polar surface area (TPSA) is 44.3 Å². The Morgan fingerprint density at radius 3 is 2.88 bits per heavy atom. The van der Waals surface area contributed by atoms with Crippen LogP contribution in [0.3, 0.4) is 0 Å². The van der Waals surface area contributed by atoms with Crippen molar-refractivity contribution >= 4 is 39.9 Å². The van der Waals surface area contributed by atoms with E-state index in [4.69, 9.17) is 17.3 Å². The summed E-state index contributed by atoms with van der Waals surface area (Å²) in [5.41, 5.74) is 0.569. The number of hydrogen-bond acceptors (Lipinski definition) is 2. The Morgan fingerprint density at radius 2 is 2.19 bits per heavy atom. The van der Waals surface area contributed by atoms with E-state index in [1.54, 1.807) is 18.2 Å². The van der Waals surface area contributed by atoms with Gasteiger partial charge in [0.2, 0.25) is 0 Å². The van der Waals surface area contributed by atoms with Gasteiger partial charge in [-0.25, -0.2) is 4.39 Å². The van der Waals surface area contributed by atoms with E-state index in [1.807, 2.05) is 22.6 Å². The highest BCUT2D eigenvalue weighted by Crippen LogP contribution is 2.14. The van der Waals surface area contributed by atoms with Crippen LogP contribution in [0.25, 0.3) is 0 Å². The molecule has 0 bridgehead atoms. The third-order valence-electron chi connectivity index (χ3n) is 1.87. The quantitative estimate of drug-likeness (QED) is 0.565. The summed E-state index contributed by atoms with van der Waals surface area (Å²) in [4.78, 5) is 0. The number of nitrogens with one attached hydrogen (secondary N) is 2. The Bertz CT molecular complexity index is 376. The van der Waals surface area contributed by atoms with Crippen molar-refractivity contribution in [1.82, 2.24) is 10.6 Å². The fourth-order valence-corrected chi connectivity index (χ4v) is 1.82. The minimum Gasteiger partial charge on any atom is -0.395 e. The van der Waals surface area contributed by atoms with Gasteiger partial charge in [0, 0.05) is 22.2 Å². The number of rotatable bonds is 4. The molecule has 16 heavy (non-hydrogen) atoms. The summed E-state index contributed by atoms with van der Waals surface area (Å²) in [6, 6.07) is 5.22. The lowest BCUT2D eigenvalue weighted by Crippen LogP contribution is -2.36. The van der Waals surface area contributed by atoms with Gasteiger partial charge in [-0.1, -0.05) is 12.1 Å². The second-order valence-electron chi connectivity index (χ2n) is 3.05. The average Bonchev–Trinajstić information content (AvgIpc) is 2.28. The van der Waals surface area contributed by atoms with Crippen molar-refractivity contribution in [2.45, 2.75) is 6.54 Å². The van der Waals surface area contributed by atoms with Gasteiger partial charge in [0.1, 0.15) is 5.82 Å². The van der Waals surface area contributed by atoms with Crippen molar-refractivity contribution in [3.05, 3.63) is 33.1 Å². The van der Waals surface area contributed by atoms with E-state index in [9.17, 15) is 4.39 Å². The van der Waals surface area contributed by atoms with Crippen LogP contribution in [0, 0.1) is 9.39 Å². The lowest BCUT2D eigenvalue weighted by Gasteiger charge is -2.10. The molecule has 0 atom stereocenters. The molecule has 6 heteroatoms. The molecular formula is C10H12FIN2OS. The molecule has 0 unspecified atom stereocenters. The van der Waals surface area contributed by atoms with Crippen molar-refractivity contribution in [3.8, 4) is 0 Å². The van der Waals surface area contributed by atoms with Crippen LogP contribution in [-0.2, 0) is 6.54 Å². The Kier molecular flexibility index (Phi) is 5.93. The molecule has 88 valence electrons. The molecular weight excluding hydrogens is 342 g/mol. The van der Waals surface area contributed by atoms with Gasteiger partial charge in [-0.05, 0) is 40.9 Å². The zero-order chi connectivity index (χ0) is 12.0. The summed E-state index contributed by atoms with van der Waals surface area (Å²) in [5, 5.41) is 14.6. The third-order valence-corrected chi connectivity index (χ3v) is 2.99. The summed E-state index contributed by atoms with van der Waals surface area (Å²) in [5.74, 6) is -0.222. The summed E-state index contributed by atoms with van der Waals surface area (Å²) < 4.78 is 14.1. The molecule has 0 aromatic heterocycles. The van der Waals surface area contributed by atoms with Crippen molar-refractivity contribution in [2.24, 2.45) is 0 Å². The molecule has 0 saturated heterocycles. The minimum absolute atomic E-state index is 0.0133. The molecule has 1 rings (SSSR count). The normalized spacial score (nSPS) is 9.94. The first-order valence-corrected chi connectivity index (χ1v) is 6.19. The highest BCUT2D eigenvalue weighted by molar-refractivity contribution is 14.1.